The summed E-state index contributed by atoms with van der Waals surface area (Å²) in [5.41, 5.74) is 2.12. The van der Waals surface area contributed by atoms with Crippen LogP contribution in [-0.4, -0.2) is 17.9 Å². The first-order valence-corrected chi connectivity index (χ1v) is 12.7. The molecule has 0 aromatic rings. The van der Waals surface area contributed by atoms with E-state index in [-0.39, 0.29) is 23.4 Å². The van der Waals surface area contributed by atoms with Crippen LogP contribution in [0.4, 0.5) is 0 Å². The summed E-state index contributed by atoms with van der Waals surface area (Å²) >= 11 is 0. The Bertz CT molecular complexity index is 768. The molecule has 0 aromatic carbocycles. The van der Waals surface area contributed by atoms with Gasteiger partial charge < -0.3 is 4.74 Å². The summed E-state index contributed by atoms with van der Waals surface area (Å²) in [7, 11) is 0. The molecular formula is C27H40O3. The number of esters is 1. The summed E-state index contributed by atoms with van der Waals surface area (Å²) in [6, 6.07) is 0. The molecule has 3 saturated carbocycles. The van der Waals surface area contributed by atoms with Crippen molar-refractivity contribution in [2.75, 3.05) is 0 Å². The van der Waals surface area contributed by atoms with Crippen molar-refractivity contribution in [1.29, 1.82) is 0 Å². The second-order valence-corrected chi connectivity index (χ2v) is 12.0. The third-order valence-corrected chi connectivity index (χ3v) is 10.8. The van der Waals surface area contributed by atoms with Crippen LogP contribution in [-0.2, 0) is 14.3 Å². The van der Waals surface area contributed by atoms with E-state index in [4.69, 9.17) is 4.74 Å². The average molecular weight is 413 g/mol. The van der Waals surface area contributed by atoms with Gasteiger partial charge >= 0.3 is 5.97 Å². The molecular weight excluding hydrogens is 372 g/mol. The normalized spacial score (nSPS) is 49.4. The van der Waals surface area contributed by atoms with Crippen LogP contribution in [0.2, 0.25) is 0 Å². The first-order valence-electron chi connectivity index (χ1n) is 12.7. The Morgan fingerprint density at radius 3 is 2.53 bits per heavy atom. The molecule has 0 aromatic heterocycles. The fourth-order valence-electron chi connectivity index (χ4n) is 8.95. The lowest BCUT2D eigenvalue weighted by atomic mass is 9.46. The Kier molecular flexibility index (Phi) is 4.99. The minimum atomic E-state index is 0.0212. The van der Waals surface area contributed by atoms with E-state index in [0.29, 0.717) is 23.0 Å². The van der Waals surface area contributed by atoms with E-state index in [1.807, 2.05) is 13.0 Å². The molecule has 1 saturated heterocycles. The number of carbonyl (C=O) groups is 2. The predicted octanol–water partition coefficient (Wildman–Crippen LogP) is 6.11. The number of hydrogen-bond donors (Lipinski definition) is 0. The van der Waals surface area contributed by atoms with E-state index < -0.39 is 0 Å². The van der Waals surface area contributed by atoms with E-state index >= 15 is 0 Å². The molecule has 0 unspecified atom stereocenters. The summed E-state index contributed by atoms with van der Waals surface area (Å²) in [6.45, 7) is 9.42. The van der Waals surface area contributed by atoms with Gasteiger partial charge in [-0.15, -0.1) is 0 Å². The van der Waals surface area contributed by atoms with Gasteiger partial charge in [0.05, 0.1) is 5.92 Å². The Labute approximate surface area is 182 Å². The fourth-order valence-corrected chi connectivity index (χ4v) is 8.95. The van der Waals surface area contributed by atoms with Crippen LogP contribution in [0.1, 0.15) is 91.9 Å². The minimum absolute atomic E-state index is 0.0212. The van der Waals surface area contributed by atoms with Gasteiger partial charge in [-0.2, -0.15) is 0 Å². The number of fused-ring (bicyclic) bond motifs is 5. The van der Waals surface area contributed by atoms with E-state index in [9.17, 15) is 9.59 Å². The van der Waals surface area contributed by atoms with Crippen LogP contribution >= 0.6 is 0 Å². The van der Waals surface area contributed by atoms with Gasteiger partial charge in [-0.1, -0.05) is 33.3 Å². The summed E-state index contributed by atoms with van der Waals surface area (Å²) in [5.74, 6) is 3.96. The number of allylic oxidation sites excluding steroid dienone is 1. The monoisotopic (exact) mass is 412 g/mol. The molecule has 9 atom stereocenters. The van der Waals surface area contributed by atoms with Gasteiger partial charge in [-0.05, 0) is 104 Å². The van der Waals surface area contributed by atoms with Crippen molar-refractivity contribution in [3.63, 3.8) is 0 Å². The maximum Gasteiger partial charge on any atom is 0.308 e. The average Bonchev–Trinajstić information content (AvgIpc) is 3.07. The summed E-state index contributed by atoms with van der Waals surface area (Å²) in [4.78, 5) is 24.3. The van der Waals surface area contributed by atoms with Crippen LogP contribution in [0.3, 0.4) is 0 Å². The number of hydrogen-bond acceptors (Lipinski definition) is 3. The summed E-state index contributed by atoms with van der Waals surface area (Å²) in [5, 5.41) is 0. The SMILES string of the molecule is C[C@H]([C@@H]1CC[C@H](C)C(=O)O1)[C@H]1CC[C@H]2[C@@H]3CCC4=CC(=O)CC[C@]4(C)[C@H]3CC[C@]12C. The number of ketones is 1. The van der Waals surface area contributed by atoms with E-state index in [2.05, 4.69) is 20.8 Å². The largest absolute Gasteiger partial charge is 0.462 e. The fraction of sp³-hybridized carbons (Fsp3) is 0.852. The molecule has 166 valence electrons. The predicted molar refractivity (Wildman–Crippen MR) is 118 cm³/mol. The maximum absolute atomic E-state index is 12.2. The van der Waals surface area contributed by atoms with Crippen LogP contribution in [0.15, 0.2) is 11.6 Å². The minimum Gasteiger partial charge on any atom is -0.462 e. The second kappa shape index (κ2) is 7.20. The van der Waals surface area contributed by atoms with Gasteiger partial charge in [0.15, 0.2) is 5.78 Å². The van der Waals surface area contributed by atoms with Crippen molar-refractivity contribution in [1.82, 2.24) is 0 Å². The molecule has 3 nitrogen and oxygen atoms in total. The van der Waals surface area contributed by atoms with Crippen LogP contribution in [0.25, 0.3) is 0 Å². The zero-order chi connectivity index (χ0) is 21.3. The van der Waals surface area contributed by atoms with Crippen LogP contribution in [0.5, 0.6) is 0 Å². The molecule has 30 heavy (non-hydrogen) atoms. The molecule has 0 radical (unpaired) electrons. The zero-order valence-corrected chi connectivity index (χ0v) is 19.4. The van der Waals surface area contributed by atoms with E-state index in [0.717, 1.165) is 49.9 Å². The quantitative estimate of drug-likeness (QED) is 0.514. The smallest absolute Gasteiger partial charge is 0.308 e. The van der Waals surface area contributed by atoms with Crippen molar-refractivity contribution < 1.29 is 14.3 Å². The molecule has 5 rings (SSSR count). The van der Waals surface area contributed by atoms with Crippen molar-refractivity contribution in [3.8, 4) is 0 Å². The highest BCUT2D eigenvalue weighted by atomic mass is 16.5. The highest BCUT2D eigenvalue weighted by molar-refractivity contribution is 5.91. The number of rotatable bonds is 2. The Morgan fingerprint density at radius 1 is 0.967 bits per heavy atom. The van der Waals surface area contributed by atoms with Crippen molar-refractivity contribution in [3.05, 3.63) is 11.6 Å². The number of cyclic esters (lactones) is 1. The first kappa shape index (κ1) is 20.8. The molecule has 0 spiro atoms. The first-order chi connectivity index (χ1) is 14.2. The standard InChI is InChI=1S/C27H40O3/c1-16-5-10-24(30-25(16)29)17(2)21-8-9-22-20-7-6-18-15-19(28)11-13-26(18,3)23(20)12-14-27(21,22)4/h15-17,20-24H,5-14H2,1-4H3/t16-,17-,20-,21+,22-,23-,24-,26-,27+/m0/s1. The van der Waals surface area contributed by atoms with Gasteiger partial charge in [-0.3, -0.25) is 9.59 Å². The summed E-state index contributed by atoms with van der Waals surface area (Å²) in [6.07, 6.45) is 13.6. The lowest BCUT2D eigenvalue weighted by Gasteiger charge is -2.58. The lowest BCUT2D eigenvalue weighted by molar-refractivity contribution is -0.166. The van der Waals surface area contributed by atoms with Crippen LogP contribution < -0.4 is 0 Å². The van der Waals surface area contributed by atoms with Crippen molar-refractivity contribution in [2.45, 2.75) is 98.0 Å². The molecule has 5 aliphatic rings. The third-order valence-electron chi connectivity index (χ3n) is 10.8. The Hall–Kier alpha value is -1.12. The topological polar surface area (TPSA) is 43.4 Å². The van der Waals surface area contributed by atoms with Crippen molar-refractivity contribution >= 4 is 11.8 Å². The molecule has 1 heterocycles. The molecule has 0 N–H and O–H groups in total. The summed E-state index contributed by atoms with van der Waals surface area (Å²) < 4.78 is 5.92. The molecule has 4 fully saturated rings. The number of carbonyl (C=O) groups excluding carboxylic acids is 2. The van der Waals surface area contributed by atoms with Crippen molar-refractivity contribution in [2.24, 2.45) is 46.3 Å². The van der Waals surface area contributed by atoms with E-state index in [1.165, 1.54) is 37.7 Å². The Balaban J connectivity index is 1.36. The molecule has 0 amide bonds. The van der Waals surface area contributed by atoms with Gasteiger partial charge in [-0.25, -0.2) is 0 Å². The molecule has 3 heteroatoms. The molecule has 4 aliphatic carbocycles. The lowest BCUT2D eigenvalue weighted by Crippen LogP contribution is -2.51. The van der Waals surface area contributed by atoms with Gasteiger partial charge in [0.1, 0.15) is 6.10 Å². The van der Waals surface area contributed by atoms with E-state index in [1.54, 1.807) is 0 Å². The van der Waals surface area contributed by atoms with Gasteiger partial charge in [0.25, 0.3) is 0 Å². The molecule has 0 bridgehead atoms. The Morgan fingerprint density at radius 2 is 1.77 bits per heavy atom. The second-order valence-electron chi connectivity index (χ2n) is 12.0. The van der Waals surface area contributed by atoms with Crippen LogP contribution in [0, 0.1) is 46.3 Å². The highest BCUT2D eigenvalue weighted by Gasteiger charge is 2.60. The zero-order valence-electron chi connectivity index (χ0n) is 19.4. The van der Waals surface area contributed by atoms with Gasteiger partial charge in [0, 0.05) is 6.42 Å². The van der Waals surface area contributed by atoms with Gasteiger partial charge in [0.2, 0.25) is 0 Å². The third kappa shape index (κ3) is 2.97. The molecule has 1 aliphatic heterocycles. The highest BCUT2D eigenvalue weighted by Crippen LogP contribution is 2.67. The number of ether oxygens (including phenoxy) is 1. The maximum atomic E-state index is 12.2.